The van der Waals surface area contributed by atoms with Gasteiger partial charge in [0.15, 0.2) is 5.78 Å². The second-order valence-corrected chi connectivity index (χ2v) is 8.04. The third-order valence-corrected chi connectivity index (χ3v) is 5.43. The average molecular weight is 479 g/mol. The lowest BCUT2D eigenvalue weighted by molar-refractivity contribution is 0.0177. The van der Waals surface area contributed by atoms with Gasteiger partial charge in [0.25, 0.3) is 11.8 Å². The van der Waals surface area contributed by atoms with E-state index < -0.39 is 34.6 Å². The molecule has 0 aliphatic carbocycles. The smallest absolute Gasteiger partial charge is 0.271 e. The number of Topliss-reactive ketones (excluding diaryl/α,β-unsaturated/α-hetero) is 1. The van der Waals surface area contributed by atoms with Crippen LogP contribution in [0.3, 0.4) is 0 Å². The molecule has 0 fully saturated rings. The number of nitrogens with two attached hydrogens (primary N) is 1. The standard InChI is InChI=1S/C25H20F3N5O2/c1-25(27,28)18-11-19(26)16(10-15(18)20-6-8-33(2)32-20)22(34)9-14-12-30-13-17(24(29)35)23(14)21-5-3-4-7-31-21/h3-8,10-13H,9H2,1-2H3,(H2,29,35). The summed E-state index contributed by atoms with van der Waals surface area (Å²) in [7, 11) is 1.61. The van der Waals surface area contributed by atoms with E-state index in [2.05, 4.69) is 15.1 Å². The van der Waals surface area contributed by atoms with Crippen molar-refractivity contribution in [2.24, 2.45) is 12.8 Å². The quantitative estimate of drug-likeness (QED) is 0.398. The van der Waals surface area contributed by atoms with Crippen LogP contribution in [-0.4, -0.2) is 31.4 Å². The third kappa shape index (κ3) is 4.81. The number of aromatic nitrogens is 4. The van der Waals surface area contributed by atoms with Crippen molar-refractivity contribution in [2.75, 3.05) is 0 Å². The molecular weight excluding hydrogens is 459 g/mol. The summed E-state index contributed by atoms with van der Waals surface area (Å²) < 4.78 is 45.0. The van der Waals surface area contributed by atoms with Crippen molar-refractivity contribution >= 4 is 11.7 Å². The molecule has 0 saturated heterocycles. The fraction of sp³-hybridized carbons (Fsp3) is 0.160. The van der Waals surface area contributed by atoms with E-state index in [1.807, 2.05) is 0 Å². The fourth-order valence-corrected chi connectivity index (χ4v) is 3.83. The van der Waals surface area contributed by atoms with Gasteiger partial charge in [0, 0.05) is 61.9 Å². The minimum atomic E-state index is -3.37. The molecule has 1 amide bonds. The van der Waals surface area contributed by atoms with E-state index in [0.29, 0.717) is 24.2 Å². The first-order valence-corrected chi connectivity index (χ1v) is 10.5. The van der Waals surface area contributed by atoms with E-state index in [1.54, 1.807) is 31.4 Å². The zero-order valence-corrected chi connectivity index (χ0v) is 18.8. The van der Waals surface area contributed by atoms with Crippen molar-refractivity contribution in [3.63, 3.8) is 0 Å². The summed E-state index contributed by atoms with van der Waals surface area (Å²) >= 11 is 0. The maximum absolute atomic E-state index is 15.0. The van der Waals surface area contributed by atoms with Gasteiger partial charge in [0.2, 0.25) is 0 Å². The van der Waals surface area contributed by atoms with Crippen LogP contribution in [-0.2, 0) is 19.4 Å². The molecule has 0 aliphatic rings. The minimum Gasteiger partial charge on any atom is -0.366 e. The number of halogens is 3. The van der Waals surface area contributed by atoms with E-state index in [1.165, 1.54) is 29.3 Å². The number of hydrogen-bond donors (Lipinski definition) is 1. The number of rotatable bonds is 7. The van der Waals surface area contributed by atoms with E-state index in [0.717, 1.165) is 6.07 Å². The van der Waals surface area contributed by atoms with Crippen LogP contribution in [0.25, 0.3) is 22.5 Å². The highest BCUT2D eigenvalue weighted by molar-refractivity contribution is 6.03. The van der Waals surface area contributed by atoms with Crippen LogP contribution in [0.2, 0.25) is 0 Å². The second kappa shape index (κ2) is 9.13. The zero-order chi connectivity index (χ0) is 25.3. The van der Waals surface area contributed by atoms with Gasteiger partial charge in [-0.1, -0.05) is 6.07 Å². The SMILES string of the molecule is Cn1ccc(-c2cc(C(=O)Cc3cncc(C(N)=O)c3-c3ccccn3)c(F)cc2C(C)(F)F)n1. The van der Waals surface area contributed by atoms with Gasteiger partial charge in [0.05, 0.1) is 22.5 Å². The van der Waals surface area contributed by atoms with Gasteiger partial charge in [-0.15, -0.1) is 0 Å². The summed E-state index contributed by atoms with van der Waals surface area (Å²) in [5, 5.41) is 4.13. The van der Waals surface area contributed by atoms with Gasteiger partial charge in [-0.2, -0.15) is 5.10 Å². The molecule has 0 bridgehead atoms. The van der Waals surface area contributed by atoms with Gasteiger partial charge in [-0.25, -0.2) is 13.2 Å². The number of alkyl halides is 2. The summed E-state index contributed by atoms with van der Waals surface area (Å²) in [6.07, 6.45) is 5.31. The largest absolute Gasteiger partial charge is 0.366 e. The van der Waals surface area contributed by atoms with Crippen LogP contribution in [0, 0.1) is 5.82 Å². The summed E-state index contributed by atoms with van der Waals surface area (Å²) in [5.74, 6) is -5.94. The summed E-state index contributed by atoms with van der Waals surface area (Å²) in [4.78, 5) is 33.5. The van der Waals surface area contributed by atoms with Crippen LogP contribution in [0.5, 0.6) is 0 Å². The molecule has 0 aliphatic heterocycles. The number of primary amides is 1. The van der Waals surface area contributed by atoms with Gasteiger partial charge < -0.3 is 5.73 Å². The second-order valence-electron chi connectivity index (χ2n) is 8.04. The lowest BCUT2D eigenvalue weighted by Gasteiger charge is -2.17. The van der Waals surface area contributed by atoms with Crippen molar-refractivity contribution in [2.45, 2.75) is 19.3 Å². The average Bonchev–Trinajstić information content (AvgIpc) is 3.24. The Balaban J connectivity index is 1.82. The van der Waals surface area contributed by atoms with Crippen molar-refractivity contribution < 1.29 is 22.8 Å². The topological polar surface area (TPSA) is 104 Å². The Morgan fingerprint density at radius 2 is 1.86 bits per heavy atom. The Hall–Kier alpha value is -4.34. The molecule has 2 N–H and O–H groups in total. The molecule has 3 aromatic heterocycles. The molecule has 178 valence electrons. The van der Waals surface area contributed by atoms with Crippen LogP contribution < -0.4 is 5.73 Å². The first kappa shape index (κ1) is 23.8. The number of amides is 1. The molecule has 0 atom stereocenters. The molecule has 0 radical (unpaired) electrons. The summed E-state index contributed by atoms with van der Waals surface area (Å²) in [6, 6.07) is 8.25. The van der Waals surface area contributed by atoms with E-state index in [4.69, 9.17) is 5.73 Å². The molecule has 4 aromatic rings. The number of benzene rings is 1. The number of aryl methyl sites for hydroxylation is 1. The first-order chi connectivity index (χ1) is 16.6. The Labute approximate surface area is 198 Å². The molecule has 1 aromatic carbocycles. The molecule has 0 unspecified atom stereocenters. The number of carbonyl (C=O) groups is 2. The molecular formula is C25H20F3N5O2. The number of hydrogen-bond acceptors (Lipinski definition) is 5. The maximum Gasteiger partial charge on any atom is 0.271 e. The third-order valence-electron chi connectivity index (χ3n) is 5.43. The Morgan fingerprint density at radius 1 is 1.09 bits per heavy atom. The highest BCUT2D eigenvalue weighted by Crippen LogP contribution is 2.37. The first-order valence-electron chi connectivity index (χ1n) is 10.5. The highest BCUT2D eigenvalue weighted by atomic mass is 19.3. The zero-order valence-electron chi connectivity index (χ0n) is 18.8. The van der Waals surface area contributed by atoms with Crippen molar-refractivity contribution in [3.8, 4) is 22.5 Å². The Bertz CT molecular complexity index is 1430. The number of carbonyl (C=O) groups excluding carboxylic acids is 2. The predicted octanol–water partition coefficient (Wildman–Crippen LogP) is 4.32. The van der Waals surface area contributed by atoms with Crippen molar-refractivity contribution in [3.05, 3.63) is 89.3 Å². The van der Waals surface area contributed by atoms with Crippen LogP contribution >= 0.6 is 0 Å². The Kier molecular flexibility index (Phi) is 6.21. The lowest BCUT2D eigenvalue weighted by atomic mass is 9.91. The van der Waals surface area contributed by atoms with Gasteiger partial charge in [-0.05, 0) is 35.9 Å². The van der Waals surface area contributed by atoms with Gasteiger partial charge >= 0.3 is 0 Å². The van der Waals surface area contributed by atoms with Crippen LogP contribution in [0.1, 0.15) is 38.8 Å². The molecule has 10 heteroatoms. The predicted molar refractivity (Wildman–Crippen MR) is 122 cm³/mol. The highest BCUT2D eigenvalue weighted by Gasteiger charge is 2.31. The summed E-state index contributed by atoms with van der Waals surface area (Å²) in [5.41, 5.74) is 5.64. The lowest BCUT2D eigenvalue weighted by Crippen LogP contribution is -2.17. The summed E-state index contributed by atoms with van der Waals surface area (Å²) in [6.45, 7) is 0.649. The number of nitrogens with zero attached hydrogens (tertiary/aromatic N) is 4. The van der Waals surface area contributed by atoms with Gasteiger partial charge in [-0.3, -0.25) is 24.2 Å². The van der Waals surface area contributed by atoms with Crippen LogP contribution in [0.15, 0.2) is 61.2 Å². The van der Waals surface area contributed by atoms with E-state index >= 15 is 0 Å². The van der Waals surface area contributed by atoms with E-state index in [9.17, 15) is 22.8 Å². The molecule has 4 rings (SSSR count). The number of pyridine rings is 2. The normalized spacial score (nSPS) is 11.5. The molecule has 0 spiro atoms. The van der Waals surface area contributed by atoms with Crippen LogP contribution in [0.4, 0.5) is 13.2 Å². The minimum absolute atomic E-state index is 0.0459. The molecule has 35 heavy (non-hydrogen) atoms. The van der Waals surface area contributed by atoms with Crippen molar-refractivity contribution in [1.29, 1.82) is 0 Å². The molecule has 3 heterocycles. The monoisotopic (exact) mass is 479 g/mol. The number of ketones is 1. The fourth-order valence-electron chi connectivity index (χ4n) is 3.83. The molecule has 7 nitrogen and oxygen atoms in total. The Morgan fingerprint density at radius 3 is 2.46 bits per heavy atom. The van der Waals surface area contributed by atoms with E-state index in [-0.39, 0.29) is 28.8 Å². The van der Waals surface area contributed by atoms with Gasteiger partial charge in [0.1, 0.15) is 5.82 Å². The maximum atomic E-state index is 15.0. The van der Waals surface area contributed by atoms with Crippen molar-refractivity contribution in [1.82, 2.24) is 19.7 Å². The molecule has 0 saturated carbocycles.